The lowest BCUT2D eigenvalue weighted by molar-refractivity contribution is -0.0365. The molecule has 0 atom stereocenters. The van der Waals surface area contributed by atoms with Crippen LogP contribution in [0, 0.1) is 5.41 Å². The van der Waals surface area contributed by atoms with Crippen LogP contribution < -0.4 is 5.73 Å². The molecular formula is C15H28N2O. The average Bonchev–Trinajstić information content (AvgIpc) is 2.80. The summed E-state index contributed by atoms with van der Waals surface area (Å²) in [6.07, 6.45) is 11.0. The van der Waals surface area contributed by atoms with E-state index in [9.17, 15) is 0 Å². The van der Waals surface area contributed by atoms with E-state index in [1.807, 2.05) is 0 Å². The third kappa shape index (κ3) is 2.89. The Morgan fingerprint density at radius 3 is 2.39 bits per heavy atom. The summed E-state index contributed by atoms with van der Waals surface area (Å²) in [6, 6.07) is 0.433. The van der Waals surface area contributed by atoms with Gasteiger partial charge in [-0.3, -0.25) is 4.90 Å². The molecule has 0 bridgehead atoms. The predicted molar refractivity (Wildman–Crippen MR) is 73.5 cm³/mol. The number of hydrogen-bond acceptors (Lipinski definition) is 3. The Morgan fingerprint density at radius 2 is 1.72 bits per heavy atom. The first kappa shape index (κ1) is 12.9. The van der Waals surface area contributed by atoms with Gasteiger partial charge in [0.05, 0.1) is 12.7 Å². The third-order valence-corrected chi connectivity index (χ3v) is 5.26. The molecule has 3 rings (SSSR count). The topological polar surface area (TPSA) is 38.5 Å². The van der Waals surface area contributed by atoms with Crippen molar-refractivity contribution in [3.8, 4) is 0 Å². The Hall–Kier alpha value is -0.120. The molecule has 1 spiro atoms. The van der Waals surface area contributed by atoms with Crippen molar-refractivity contribution in [3.05, 3.63) is 0 Å². The molecule has 0 aromatic heterocycles. The monoisotopic (exact) mass is 252 g/mol. The van der Waals surface area contributed by atoms with E-state index >= 15 is 0 Å². The Morgan fingerprint density at radius 1 is 1.06 bits per heavy atom. The lowest BCUT2D eigenvalue weighted by Gasteiger charge is -2.48. The van der Waals surface area contributed by atoms with Crippen LogP contribution in [0.15, 0.2) is 0 Å². The number of nitrogens with two attached hydrogens (primary N) is 1. The van der Waals surface area contributed by atoms with E-state index in [0.717, 1.165) is 31.4 Å². The summed E-state index contributed by atoms with van der Waals surface area (Å²) in [5.74, 6) is 0. The molecule has 0 aromatic rings. The molecule has 0 unspecified atom stereocenters. The summed E-state index contributed by atoms with van der Waals surface area (Å²) in [4.78, 5) is 2.58. The molecule has 3 nitrogen and oxygen atoms in total. The van der Waals surface area contributed by atoms with Gasteiger partial charge in [0.25, 0.3) is 0 Å². The van der Waals surface area contributed by atoms with Gasteiger partial charge in [-0.05, 0) is 43.9 Å². The van der Waals surface area contributed by atoms with Gasteiger partial charge in [0, 0.05) is 25.7 Å². The molecule has 2 saturated carbocycles. The fraction of sp³-hybridized carbons (Fsp3) is 1.00. The summed E-state index contributed by atoms with van der Waals surface area (Å²) in [7, 11) is 0. The fourth-order valence-electron chi connectivity index (χ4n) is 4.11. The van der Waals surface area contributed by atoms with Crippen LogP contribution in [0.5, 0.6) is 0 Å². The number of likely N-dealkylation sites (tertiary alicyclic amines) is 1. The number of nitrogens with zero attached hydrogens (tertiary/aromatic N) is 1. The summed E-state index contributed by atoms with van der Waals surface area (Å²) in [5, 5.41) is 0. The van der Waals surface area contributed by atoms with Gasteiger partial charge in [0.2, 0.25) is 0 Å². The standard InChI is InChI=1S/C15H28N2O/c16-13-3-5-14(6-4-13)18-10-9-17-11-15(12-17)7-1-2-8-15/h13-14H,1-12,16H2. The summed E-state index contributed by atoms with van der Waals surface area (Å²) in [6.45, 7) is 4.75. The van der Waals surface area contributed by atoms with E-state index in [1.165, 1.54) is 51.6 Å². The molecule has 18 heavy (non-hydrogen) atoms. The minimum absolute atomic E-state index is 0.433. The van der Waals surface area contributed by atoms with Crippen molar-refractivity contribution >= 4 is 0 Å². The summed E-state index contributed by atoms with van der Waals surface area (Å²) < 4.78 is 5.99. The molecule has 1 saturated heterocycles. The molecule has 3 fully saturated rings. The van der Waals surface area contributed by atoms with E-state index in [1.54, 1.807) is 0 Å². The molecule has 0 amide bonds. The molecular weight excluding hydrogens is 224 g/mol. The molecule has 2 N–H and O–H groups in total. The lowest BCUT2D eigenvalue weighted by atomic mass is 9.78. The first-order valence-electron chi connectivity index (χ1n) is 7.85. The molecule has 3 aliphatic rings. The van der Waals surface area contributed by atoms with Gasteiger partial charge < -0.3 is 10.5 Å². The predicted octanol–water partition coefficient (Wildman–Crippen LogP) is 2.15. The Labute approximate surface area is 111 Å². The van der Waals surface area contributed by atoms with E-state index in [0.29, 0.717) is 12.1 Å². The molecule has 3 heteroatoms. The molecule has 104 valence electrons. The maximum absolute atomic E-state index is 5.99. The first-order valence-corrected chi connectivity index (χ1v) is 7.85. The molecule has 1 aliphatic heterocycles. The normalized spacial score (nSPS) is 35.8. The average molecular weight is 252 g/mol. The second-order valence-electron chi connectivity index (χ2n) is 6.83. The SMILES string of the molecule is NC1CCC(OCCN2CC3(CCCC3)C2)CC1. The minimum Gasteiger partial charge on any atom is -0.377 e. The summed E-state index contributed by atoms with van der Waals surface area (Å²) in [5.41, 5.74) is 6.64. The van der Waals surface area contributed by atoms with Crippen molar-refractivity contribution in [2.24, 2.45) is 11.1 Å². The van der Waals surface area contributed by atoms with E-state index in [-0.39, 0.29) is 0 Å². The van der Waals surface area contributed by atoms with Crippen LogP contribution in [0.4, 0.5) is 0 Å². The van der Waals surface area contributed by atoms with Gasteiger partial charge in [-0.25, -0.2) is 0 Å². The van der Waals surface area contributed by atoms with E-state index < -0.39 is 0 Å². The highest BCUT2D eigenvalue weighted by Crippen LogP contribution is 2.45. The van der Waals surface area contributed by atoms with Crippen LogP contribution in [0.3, 0.4) is 0 Å². The third-order valence-electron chi connectivity index (χ3n) is 5.26. The maximum atomic E-state index is 5.99. The number of hydrogen-bond donors (Lipinski definition) is 1. The van der Waals surface area contributed by atoms with Crippen LogP contribution in [-0.4, -0.2) is 43.3 Å². The quantitative estimate of drug-likeness (QED) is 0.833. The van der Waals surface area contributed by atoms with Gasteiger partial charge in [-0.2, -0.15) is 0 Å². The maximum Gasteiger partial charge on any atom is 0.0597 e. The Balaban J connectivity index is 1.27. The van der Waals surface area contributed by atoms with Crippen molar-refractivity contribution < 1.29 is 4.74 Å². The van der Waals surface area contributed by atoms with Crippen LogP contribution >= 0.6 is 0 Å². The van der Waals surface area contributed by atoms with E-state index in [2.05, 4.69) is 4.90 Å². The zero-order valence-electron chi connectivity index (χ0n) is 11.6. The van der Waals surface area contributed by atoms with E-state index in [4.69, 9.17) is 10.5 Å². The van der Waals surface area contributed by atoms with Crippen LogP contribution in [0.25, 0.3) is 0 Å². The van der Waals surface area contributed by atoms with Crippen LogP contribution in [-0.2, 0) is 4.74 Å². The second kappa shape index (κ2) is 5.48. The zero-order valence-corrected chi connectivity index (χ0v) is 11.6. The zero-order chi connectivity index (χ0) is 12.4. The molecule has 0 aromatic carbocycles. The highest BCUT2D eigenvalue weighted by molar-refractivity contribution is 4.97. The van der Waals surface area contributed by atoms with Crippen molar-refractivity contribution in [3.63, 3.8) is 0 Å². The van der Waals surface area contributed by atoms with Crippen LogP contribution in [0.1, 0.15) is 51.4 Å². The molecule has 2 aliphatic carbocycles. The molecule has 0 radical (unpaired) electrons. The van der Waals surface area contributed by atoms with Crippen molar-refractivity contribution in [1.29, 1.82) is 0 Å². The van der Waals surface area contributed by atoms with Gasteiger partial charge in [-0.1, -0.05) is 12.8 Å². The first-order chi connectivity index (χ1) is 8.76. The number of ether oxygens (including phenoxy) is 1. The molecule has 1 heterocycles. The van der Waals surface area contributed by atoms with Gasteiger partial charge in [-0.15, -0.1) is 0 Å². The van der Waals surface area contributed by atoms with Crippen molar-refractivity contribution in [2.75, 3.05) is 26.2 Å². The summed E-state index contributed by atoms with van der Waals surface area (Å²) >= 11 is 0. The van der Waals surface area contributed by atoms with Crippen molar-refractivity contribution in [1.82, 2.24) is 4.90 Å². The highest BCUT2D eigenvalue weighted by atomic mass is 16.5. The smallest absolute Gasteiger partial charge is 0.0597 e. The fourth-order valence-corrected chi connectivity index (χ4v) is 4.11. The minimum atomic E-state index is 0.433. The largest absolute Gasteiger partial charge is 0.377 e. The number of rotatable bonds is 4. The second-order valence-corrected chi connectivity index (χ2v) is 6.83. The van der Waals surface area contributed by atoms with Crippen LogP contribution in [0.2, 0.25) is 0 Å². The Kier molecular flexibility index (Phi) is 3.92. The lowest BCUT2D eigenvalue weighted by Crippen LogP contribution is -2.55. The van der Waals surface area contributed by atoms with Crippen molar-refractivity contribution in [2.45, 2.75) is 63.5 Å². The Bertz CT molecular complexity index is 260. The highest BCUT2D eigenvalue weighted by Gasteiger charge is 2.44. The van der Waals surface area contributed by atoms with Gasteiger partial charge in [0.15, 0.2) is 0 Å². The van der Waals surface area contributed by atoms with Gasteiger partial charge in [0.1, 0.15) is 0 Å². The van der Waals surface area contributed by atoms with Gasteiger partial charge >= 0.3 is 0 Å².